The first kappa shape index (κ1) is 12.4. The summed E-state index contributed by atoms with van der Waals surface area (Å²) in [5, 5.41) is 0. The number of aryl methyl sites for hydroxylation is 1. The van der Waals surface area contributed by atoms with Crippen molar-refractivity contribution in [2.24, 2.45) is 0 Å². The van der Waals surface area contributed by atoms with E-state index in [9.17, 15) is 8.42 Å². The summed E-state index contributed by atoms with van der Waals surface area (Å²) in [5.74, 6) is 0. The average molecular weight is 253 g/mol. The molecule has 1 heterocycles. The van der Waals surface area contributed by atoms with Gasteiger partial charge in [0.05, 0.1) is 4.90 Å². The number of sulfone groups is 1. The van der Waals surface area contributed by atoms with Gasteiger partial charge in [0, 0.05) is 25.0 Å². The van der Waals surface area contributed by atoms with Gasteiger partial charge in [0.2, 0.25) is 0 Å². The van der Waals surface area contributed by atoms with Gasteiger partial charge in [-0.1, -0.05) is 6.07 Å². The SMILES string of the molecule is Cc1ccc(S(C)(=O)=O)c(C)c1N1CCCC1. The Morgan fingerprint density at radius 3 is 2.24 bits per heavy atom. The molecule has 0 aliphatic carbocycles. The molecule has 1 aromatic rings. The second-order valence-electron chi connectivity index (χ2n) is 4.82. The van der Waals surface area contributed by atoms with Crippen LogP contribution < -0.4 is 4.90 Å². The molecule has 17 heavy (non-hydrogen) atoms. The van der Waals surface area contributed by atoms with E-state index in [-0.39, 0.29) is 0 Å². The van der Waals surface area contributed by atoms with Crippen LogP contribution in [0.5, 0.6) is 0 Å². The summed E-state index contributed by atoms with van der Waals surface area (Å²) in [7, 11) is -3.13. The Kier molecular flexibility index (Phi) is 3.17. The number of anilines is 1. The summed E-state index contributed by atoms with van der Waals surface area (Å²) in [6.07, 6.45) is 3.67. The van der Waals surface area contributed by atoms with Gasteiger partial charge in [-0.05, 0) is 43.9 Å². The average Bonchev–Trinajstić information content (AvgIpc) is 2.68. The standard InChI is InChI=1S/C13H19NO2S/c1-10-6-7-12(17(3,15)16)11(2)13(10)14-8-4-5-9-14/h6-7H,4-5,8-9H2,1-3H3. The van der Waals surface area contributed by atoms with Crippen molar-refractivity contribution in [1.29, 1.82) is 0 Å². The number of nitrogens with zero attached hydrogens (tertiary/aromatic N) is 1. The van der Waals surface area contributed by atoms with Crippen LogP contribution in [-0.4, -0.2) is 27.8 Å². The quantitative estimate of drug-likeness (QED) is 0.811. The van der Waals surface area contributed by atoms with Gasteiger partial charge < -0.3 is 4.90 Å². The zero-order valence-electron chi connectivity index (χ0n) is 10.7. The molecule has 1 aliphatic rings. The number of benzene rings is 1. The fourth-order valence-corrected chi connectivity index (χ4v) is 3.61. The molecule has 0 unspecified atom stereocenters. The van der Waals surface area contributed by atoms with Gasteiger partial charge >= 0.3 is 0 Å². The van der Waals surface area contributed by atoms with E-state index in [0.29, 0.717) is 4.90 Å². The summed E-state index contributed by atoms with van der Waals surface area (Å²) in [6, 6.07) is 3.64. The molecule has 1 aliphatic heterocycles. The third-order valence-corrected chi connectivity index (χ3v) is 4.65. The van der Waals surface area contributed by atoms with Crippen LogP contribution in [0.1, 0.15) is 24.0 Å². The molecule has 0 spiro atoms. The Labute approximate surface area is 103 Å². The third-order valence-electron chi connectivity index (χ3n) is 3.40. The Morgan fingerprint density at radius 1 is 1.12 bits per heavy atom. The maximum absolute atomic E-state index is 11.7. The Hall–Kier alpha value is -1.03. The summed E-state index contributed by atoms with van der Waals surface area (Å²) < 4.78 is 23.4. The highest BCUT2D eigenvalue weighted by atomic mass is 32.2. The first-order chi connectivity index (χ1) is 7.91. The van der Waals surface area contributed by atoms with Gasteiger partial charge in [0.15, 0.2) is 9.84 Å². The van der Waals surface area contributed by atoms with E-state index < -0.39 is 9.84 Å². The van der Waals surface area contributed by atoms with Crippen molar-refractivity contribution in [1.82, 2.24) is 0 Å². The fraction of sp³-hybridized carbons (Fsp3) is 0.538. The monoisotopic (exact) mass is 253 g/mol. The summed E-state index contributed by atoms with van der Waals surface area (Å²) >= 11 is 0. The van der Waals surface area contributed by atoms with Gasteiger partial charge in [0.1, 0.15) is 0 Å². The zero-order valence-corrected chi connectivity index (χ0v) is 11.5. The van der Waals surface area contributed by atoms with Crippen LogP contribution in [-0.2, 0) is 9.84 Å². The van der Waals surface area contributed by atoms with Crippen LogP contribution in [0.25, 0.3) is 0 Å². The van der Waals surface area contributed by atoms with Crippen molar-refractivity contribution in [3.05, 3.63) is 23.3 Å². The van der Waals surface area contributed by atoms with Crippen LogP contribution in [0.4, 0.5) is 5.69 Å². The second-order valence-corrected chi connectivity index (χ2v) is 6.80. The van der Waals surface area contributed by atoms with E-state index in [1.807, 2.05) is 19.9 Å². The van der Waals surface area contributed by atoms with Crippen molar-refractivity contribution in [3.63, 3.8) is 0 Å². The fourth-order valence-electron chi connectivity index (χ4n) is 2.65. The molecule has 0 aromatic heterocycles. The van der Waals surface area contributed by atoms with E-state index in [4.69, 9.17) is 0 Å². The lowest BCUT2D eigenvalue weighted by Gasteiger charge is -2.24. The molecule has 1 fully saturated rings. The minimum Gasteiger partial charge on any atom is -0.371 e. The Bertz CT molecular complexity index is 529. The Morgan fingerprint density at radius 2 is 1.71 bits per heavy atom. The van der Waals surface area contributed by atoms with E-state index in [2.05, 4.69) is 4.90 Å². The topological polar surface area (TPSA) is 37.4 Å². The zero-order chi connectivity index (χ0) is 12.6. The van der Waals surface area contributed by atoms with Crippen LogP contribution in [0.15, 0.2) is 17.0 Å². The minimum atomic E-state index is -3.13. The van der Waals surface area contributed by atoms with Crippen molar-refractivity contribution < 1.29 is 8.42 Å². The van der Waals surface area contributed by atoms with Crippen LogP contribution in [0, 0.1) is 13.8 Å². The normalized spacial score (nSPS) is 16.5. The molecular formula is C13H19NO2S. The summed E-state index contributed by atoms with van der Waals surface area (Å²) in [6.45, 7) is 6.04. The van der Waals surface area contributed by atoms with Gasteiger partial charge in [-0.25, -0.2) is 8.42 Å². The van der Waals surface area contributed by atoms with Crippen molar-refractivity contribution in [2.75, 3.05) is 24.2 Å². The molecule has 0 amide bonds. The van der Waals surface area contributed by atoms with Gasteiger partial charge in [-0.3, -0.25) is 0 Å². The Balaban J connectivity index is 2.58. The predicted octanol–water partition coefficient (Wildman–Crippen LogP) is 2.31. The van der Waals surface area contributed by atoms with Crippen molar-refractivity contribution >= 4 is 15.5 Å². The van der Waals surface area contributed by atoms with Gasteiger partial charge in [0.25, 0.3) is 0 Å². The van der Waals surface area contributed by atoms with Crippen LogP contribution >= 0.6 is 0 Å². The van der Waals surface area contributed by atoms with Crippen LogP contribution in [0.3, 0.4) is 0 Å². The second kappa shape index (κ2) is 4.33. The molecule has 0 saturated carbocycles. The van der Waals surface area contributed by atoms with E-state index in [1.165, 1.54) is 19.1 Å². The highest BCUT2D eigenvalue weighted by molar-refractivity contribution is 7.90. The molecule has 1 aromatic carbocycles. The highest BCUT2D eigenvalue weighted by Gasteiger charge is 2.21. The molecule has 0 N–H and O–H groups in total. The van der Waals surface area contributed by atoms with Crippen LogP contribution in [0.2, 0.25) is 0 Å². The lowest BCUT2D eigenvalue weighted by molar-refractivity contribution is 0.601. The molecule has 0 bridgehead atoms. The smallest absolute Gasteiger partial charge is 0.175 e. The first-order valence-corrected chi connectivity index (χ1v) is 7.85. The third kappa shape index (κ3) is 2.32. The molecular weight excluding hydrogens is 234 g/mol. The van der Waals surface area contributed by atoms with E-state index >= 15 is 0 Å². The maximum Gasteiger partial charge on any atom is 0.175 e. The predicted molar refractivity (Wildman–Crippen MR) is 70.5 cm³/mol. The largest absolute Gasteiger partial charge is 0.371 e. The summed E-state index contributed by atoms with van der Waals surface area (Å²) in [5.41, 5.74) is 3.18. The molecule has 4 heteroatoms. The van der Waals surface area contributed by atoms with E-state index in [1.54, 1.807) is 6.07 Å². The minimum absolute atomic E-state index is 0.463. The molecule has 94 valence electrons. The maximum atomic E-state index is 11.7. The van der Waals surface area contributed by atoms with E-state index in [0.717, 1.165) is 29.9 Å². The molecule has 2 rings (SSSR count). The highest BCUT2D eigenvalue weighted by Crippen LogP contribution is 2.32. The van der Waals surface area contributed by atoms with Gasteiger partial charge in [-0.2, -0.15) is 0 Å². The number of rotatable bonds is 2. The molecule has 3 nitrogen and oxygen atoms in total. The lowest BCUT2D eigenvalue weighted by Crippen LogP contribution is -2.20. The number of hydrogen-bond acceptors (Lipinski definition) is 3. The molecule has 1 saturated heterocycles. The first-order valence-electron chi connectivity index (χ1n) is 5.96. The lowest BCUT2D eigenvalue weighted by atomic mass is 10.1. The van der Waals surface area contributed by atoms with Gasteiger partial charge in [-0.15, -0.1) is 0 Å². The van der Waals surface area contributed by atoms with Crippen molar-refractivity contribution in [3.8, 4) is 0 Å². The van der Waals surface area contributed by atoms with Crippen molar-refractivity contribution in [2.45, 2.75) is 31.6 Å². The molecule has 0 radical (unpaired) electrons. The summed E-state index contributed by atoms with van der Waals surface area (Å²) in [4.78, 5) is 2.77. The molecule has 0 atom stereocenters. The number of hydrogen-bond donors (Lipinski definition) is 0.